The van der Waals surface area contributed by atoms with Crippen molar-refractivity contribution in [1.82, 2.24) is 14.8 Å². The van der Waals surface area contributed by atoms with Crippen LogP contribution in [-0.4, -0.2) is 185 Å². The third-order valence-electron chi connectivity index (χ3n) is 15.0. The Morgan fingerprint density at radius 1 is 0.955 bits per heavy atom. The van der Waals surface area contributed by atoms with E-state index in [1.54, 1.807) is 72.9 Å². The molecule has 18 heteroatoms. The lowest BCUT2D eigenvalue weighted by molar-refractivity contribution is -0.318. The summed E-state index contributed by atoms with van der Waals surface area (Å²) in [4.78, 5) is 22.8. The summed E-state index contributed by atoms with van der Waals surface area (Å²) < 4.78 is 65.3. The van der Waals surface area contributed by atoms with E-state index < -0.39 is 118 Å². The second-order valence-corrected chi connectivity index (χ2v) is 22.8. The van der Waals surface area contributed by atoms with E-state index in [0.29, 0.717) is 25.0 Å². The molecule has 0 saturated carbocycles. The van der Waals surface area contributed by atoms with Crippen molar-refractivity contribution in [3.63, 3.8) is 0 Å². The standard InChI is InChI=1S/C49H81N3O14S/c1-14-37-49(10,58)42(54)32(6)52(12)27-28(2)25-47(8,57)44(30(4)41(31(5)45(56)64-37)65-38-26-48(9,61-13)43(55)33(7)63-38)66-46-40(53)35(24-29(3)62-46)51(11)22-17-23-67(59,60)36-20-15-18-34-19-16-21-50-39(34)36/h15-16,18-21,28-33,35,37-38,40-44,46,53-55,57-58H,14,17,22-27H2,1-13H3/t28-,29-,30+,31-,32-,33+,35+,37-,38+,40-,41+,42-,43+,44-,46+,47-,48-,49-/m1/s1. The summed E-state index contributed by atoms with van der Waals surface area (Å²) >= 11 is 0. The monoisotopic (exact) mass is 968 g/mol. The van der Waals surface area contributed by atoms with Gasteiger partial charge in [-0.05, 0) is 113 Å². The molecule has 0 unspecified atom stereocenters. The Kier molecular flexibility index (Phi) is 18.5. The maximum absolute atomic E-state index is 14.4. The van der Waals surface area contributed by atoms with Crippen LogP contribution in [0.4, 0.5) is 0 Å². The highest BCUT2D eigenvalue weighted by molar-refractivity contribution is 7.91. The molecule has 3 aliphatic rings. The first-order valence-electron chi connectivity index (χ1n) is 24.0. The van der Waals surface area contributed by atoms with Gasteiger partial charge >= 0.3 is 5.97 Å². The number of methoxy groups -OCH3 is 1. The summed E-state index contributed by atoms with van der Waals surface area (Å²) in [5.74, 6) is -3.03. The Hall–Kier alpha value is -2.43. The normalized spacial score (nSPS) is 41.4. The molecule has 5 rings (SSSR count). The number of aliphatic hydroxyl groups excluding tert-OH is 3. The lowest BCUT2D eigenvalue weighted by atomic mass is 9.77. The molecule has 0 aliphatic carbocycles. The Morgan fingerprint density at radius 3 is 2.28 bits per heavy atom. The molecule has 5 N–H and O–H groups in total. The molecule has 17 nitrogen and oxygen atoms in total. The number of nitrogens with zero attached hydrogens (tertiary/aromatic N) is 3. The molecule has 0 radical (unpaired) electrons. The van der Waals surface area contributed by atoms with Gasteiger partial charge in [-0.2, -0.15) is 0 Å². The Bertz CT molecular complexity index is 2040. The molecular formula is C49H81N3O14S. The van der Waals surface area contributed by atoms with Gasteiger partial charge < -0.3 is 63.8 Å². The largest absolute Gasteiger partial charge is 0.459 e. The van der Waals surface area contributed by atoms with Crippen LogP contribution in [0.25, 0.3) is 10.9 Å². The fourth-order valence-corrected chi connectivity index (χ4v) is 12.2. The highest BCUT2D eigenvalue weighted by Gasteiger charge is 2.53. The molecule has 382 valence electrons. The molecular weight excluding hydrogens is 887 g/mol. The van der Waals surface area contributed by atoms with E-state index in [2.05, 4.69) is 4.98 Å². The van der Waals surface area contributed by atoms with Crippen LogP contribution in [-0.2, 0) is 43.1 Å². The van der Waals surface area contributed by atoms with Crippen molar-refractivity contribution in [3.05, 3.63) is 36.5 Å². The van der Waals surface area contributed by atoms with Crippen molar-refractivity contribution in [2.75, 3.05) is 40.0 Å². The van der Waals surface area contributed by atoms with E-state index >= 15 is 0 Å². The number of hydrogen-bond acceptors (Lipinski definition) is 17. The molecule has 0 amide bonds. The zero-order valence-corrected chi connectivity index (χ0v) is 42.8. The van der Waals surface area contributed by atoms with Gasteiger partial charge in [0.15, 0.2) is 22.4 Å². The molecule has 1 aromatic carbocycles. The number of aromatic nitrogens is 1. The molecule has 4 heterocycles. The minimum Gasteiger partial charge on any atom is -0.459 e. The smallest absolute Gasteiger partial charge is 0.311 e. The second kappa shape index (κ2) is 22.3. The summed E-state index contributed by atoms with van der Waals surface area (Å²) in [7, 11) is 1.43. The van der Waals surface area contributed by atoms with Crippen molar-refractivity contribution in [3.8, 4) is 0 Å². The van der Waals surface area contributed by atoms with Crippen LogP contribution >= 0.6 is 0 Å². The summed E-state index contributed by atoms with van der Waals surface area (Å²) in [6, 6.07) is 7.56. The summed E-state index contributed by atoms with van der Waals surface area (Å²) in [6.07, 6.45) is -7.75. The van der Waals surface area contributed by atoms with Crippen LogP contribution in [0.15, 0.2) is 41.4 Å². The molecule has 0 bridgehead atoms. The maximum Gasteiger partial charge on any atom is 0.311 e. The average molecular weight is 968 g/mol. The van der Waals surface area contributed by atoms with E-state index in [4.69, 9.17) is 28.4 Å². The predicted molar refractivity (Wildman–Crippen MR) is 252 cm³/mol. The predicted octanol–water partition coefficient (Wildman–Crippen LogP) is 3.68. The summed E-state index contributed by atoms with van der Waals surface area (Å²) in [5, 5.41) is 60.2. The molecule has 1 aromatic heterocycles. The number of para-hydroxylation sites is 1. The van der Waals surface area contributed by atoms with Crippen molar-refractivity contribution >= 4 is 26.7 Å². The number of benzene rings is 1. The summed E-state index contributed by atoms with van der Waals surface area (Å²) in [6.45, 7) is 18.0. The van der Waals surface area contributed by atoms with Crippen LogP contribution in [0.3, 0.4) is 0 Å². The number of carbonyl (C=O) groups excluding carboxylic acids is 1. The first kappa shape index (κ1) is 55.5. The quantitative estimate of drug-likeness (QED) is 0.191. The van der Waals surface area contributed by atoms with Gasteiger partial charge in [-0.25, -0.2) is 8.42 Å². The number of ether oxygens (including phenoxy) is 6. The SMILES string of the molecule is CC[C@H]1OC(=O)[C@H](C)[C@@H](O[C@H]2C[C@@](C)(OC)[C@@H](O)[C@H](C)O2)[C@H](C)[C@@H](O[C@@H]2O[C@H](C)C[C@H](N(C)CCCS(=O)(=O)c3cccc4cccnc34)[C@H]2O)[C@](C)(O)C[C@@H](C)CN(C)[C@H](C)[C@@H](O)[C@]1(C)O. The average Bonchev–Trinajstić information content (AvgIpc) is 3.27. The van der Waals surface area contributed by atoms with Crippen molar-refractivity contribution in [1.29, 1.82) is 0 Å². The molecule has 0 spiro atoms. The number of pyridine rings is 1. The first-order chi connectivity index (χ1) is 31.2. The minimum atomic E-state index is -3.70. The van der Waals surface area contributed by atoms with Crippen LogP contribution in [0.1, 0.15) is 101 Å². The van der Waals surface area contributed by atoms with Crippen LogP contribution in [0.2, 0.25) is 0 Å². The first-order valence-corrected chi connectivity index (χ1v) is 25.7. The van der Waals surface area contributed by atoms with E-state index in [9.17, 15) is 38.7 Å². The highest BCUT2D eigenvalue weighted by Crippen LogP contribution is 2.40. The van der Waals surface area contributed by atoms with Gasteiger partial charge in [-0.15, -0.1) is 0 Å². The van der Waals surface area contributed by atoms with Gasteiger partial charge in [0, 0.05) is 49.7 Å². The Labute approximate surface area is 398 Å². The van der Waals surface area contributed by atoms with Crippen molar-refractivity contribution in [2.45, 2.75) is 197 Å². The fourth-order valence-electron chi connectivity index (χ4n) is 10.8. The number of fused-ring (bicyclic) bond motifs is 1. The third-order valence-corrected chi connectivity index (χ3v) is 16.8. The number of carbonyl (C=O) groups is 1. The molecule has 3 aliphatic heterocycles. The molecule has 67 heavy (non-hydrogen) atoms. The fraction of sp³-hybridized carbons (Fsp3) is 0.796. The summed E-state index contributed by atoms with van der Waals surface area (Å²) in [5.41, 5.74) is -4.18. The zero-order chi connectivity index (χ0) is 50.0. The Balaban J connectivity index is 1.48. The molecule has 3 saturated heterocycles. The zero-order valence-electron chi connectivity index (χ0n) is 41.9. The van der Waals surface area contributed by atoms with Crippen LogP contribution in [0, 0.1) is 17.8 Å². The maximum atomic E-state index is 14.4. The highest BCUT2D eigenvalue weighted by atomic mass is 32.2. The molecule has 2 aromatic rings. The van der Waals surface area contributed by atoms with Gasteiger partial charge in [-0.3, -0.25) is 9.78 Å². The van der Waals surface area contributed by atoms with E-state index in [1.165, 1.54) is 14.0 Å². The number of cyclic esters (lactones) is 1. The number of sulfone groups is 1. The van der Waals surface area contributed by atoms with E-state index in [1.807, 2.05) is 49.9 Å². The number of hydrogen-bond donors (Lipinski definition) is 5. The minimum absolute atomic E-state index is 0.0811. The molecule has 3 fully saturated rings. The van der Waals surface area contributed by atoms with E-state index in [0.717, 1.165) is 5.39 Å². The van der Waals surface area contributed by atoms with Crippen LogP contribution < -0.4 is 0 Å². The number of esters is 1. The lowest BCUT2D eigenvalue weighted by Gasteiger charge is -2.49. The number of rotatable bonds is 12. The van der Waals surface area contributed by atoms with E-state index in [-0.39, 0.29) is 42.2 Å². The number of likely N-dealkylation sites (N-methyl/N-ethyl adjacent to an activating group) is 2. The Morgan fingerprint density at radius 2 is 1.63 bits per heavy atom. The topological polar surface area (TPSA) is 227 Å². The van der Waals surface area contributed by atoms with Crippen LogP contribution in [0.5, 0.6) is 0 Å². The molecule has 18 atom stereocenters. The van der Waals surface area contributed by atoms with Gasteiger partial charge in [0.25, 0.3) is 0 Å². The van der Waals surface area contributed by atoms with Crippen molar-refractivity contribution in [2.24, 2.45) is 17.8 Å². The van der Waals surface area contributed by atoms with Gasteiger partial charge in [-0.1, -0.05) is 39.0 Å². The third kappa shape index (κ3) is 12.6. The van der Waals surface area contributed by atoms with Gasteiger partial charge in [0.1, 0.15) is 30.0 Å². The second-order valence-electron chi connectivity index (χ2n) is 20.7. The lowest BCUT2D eigenvalue weighted by Crippen LogP contribution is -2.61. The van der Waals surface area contributed by atoms with Gasteiger partial charge in [0.2, 0.25) is 0 Å². The number of aliphatic hydroxyl groups is 5. The van der Waals surface area contributed by atoms with Crippen molar-refractivity contribution < 1.29 is 67.2 Å². The van der Waals surface area contributed by atoms with Gasteiger partial charge in [0.05, 0.1) is 57.7 Å².